The summed E-state index contributed by atoms with van der Waals surface area (Å²) in [5.41, 5.74) is 3.57. The van der Waals surface area contributed by atoms with Gasteiger partial charge in [0.2, 0.25) is 0 Å². The summed E-state index contributed by atoms with van der Waals surface area (Å²) >= 11 is 0. The van der Waals surface area contributed by atoms with E-state index in [0.29, 0.717) is 13.2 Å². The minimum Gasteiger partial charge on any atom is -0.372 e. The van der Waals surface area contributed by atoms with Crippen molar-refractivity contribution in [2.24, 2.45) is 4.99 Å². The van der Waals surface area contributed by atoms with Crippen LogP contribution < -0.4 is 10.6 Å². The van der Waals surface area contributed by atoms with Crippen LogP contribution in [0.2, 0.25) is 0 Å². The minimum absolute atomic E-state index is 0.0121. The fourth-order valence-electron chi connectivity index (χ4n) is 2.33. The van der Waals surface area contributed by atoms with Crippen molar-refractivity contribution in [3.63, 3.8) is 0 Å². The standard InChI is InChI=1S/C21H29N3O/c1-21(2,3)24-20(22-4)23-14-17-10-12-19(13-11-17)16-25-15-18-8-6-5-7-9-18/h5-13H,14-16H2,1-4H3,(H2,22,23,24). The molecule has 2 aromatic rings. The van der Waals surface area contributed by atoms with Crippen molar-refractivity contribution in [1.29, 1.82) is 0 Å². The second-order valence-corrected chi connectivity index (χ2v) is 7.10. The third-order valence-corrected chi connectivity index (χ3v) is 3.58. The van der Waals surface area contributed by atoms with Crippen LogP contribution in [0.25, 0.3) is 0 Å². The molecule has 0 aromatic heterocycles. The number of rotatable bonds is 6. The van der Waals surface area contributed by atoms with Gasteiger partial charge >= 0.3 is 0 Å². The number of hydrogen-bond acceptors (Lipinski definition) is 2. The van der Waals surface area contributed by atoms with Gasteiger partial charge in [-0.2, -0.15) is 0 Å². The Morgan fingerprint density at radius 3 is 2.00 bits per heavy atom. The number of nitrogens with zero attached hydrogens (tertiary/aromatic N) is 1. The molecule has 0 amide bonds. The number of aliphatic imine (C=N–C) groups is 1. The molecule has 0 aliphatic rings. The second-order valence-electron chi connectivity index (χ2n) is 7.10. The van der Waals surface area contributed by atoms with Crippen LogP contribution in [0.4, 0.5) is 0 Å². The minimum atomic E-state index is -0.0121. The Labute approximate surface area is 151 Å². The average molecular weight is 339 g/mol. The predicted octanol–water partition coefficient (Wildman–Crippen LogP) is 3.87. The highest BCUT2D eigenvalue weighted by Crippen LogP contribution is 2.08. The van der Waals surface area contributed by atoms with E-state index in [1.807, 2.05) is 18.2 Å². The van der Waals surface area contributed by atoms with Gasteiger partial charge < -0.3 is 15.4 Å². The summed E-state index contributed by atoms with van der Waals surface area (Å²) in [6, 6.07) is 18.7. The van der Waals surface area contributed by atoms with Gasteiger partial charge in [0.1, 0.15) is 0 Å². The first-order chi connectivity index (χ1) is 12.0. The van der Waals surface area contributed by atoms with Crippen LogP contribution in [0.15, 0.2) is 59.6 Å². The lowest BCUT2D eigenvalue weighted by atomic mass is 10.1. The van der Waals surface area contributed by atoms with Crippen LogP contribution in [0, 0.1) is 0 Å². The Kier molecular flexibility index (Phi) is 7.02. The van der Waals surface area contributed by atoms with Gasteiger partial charge in [-0.3, -0.25) is 4.99 Å². The lowest BCUT2D eigenvalue weighted by Crippen LogP contribution is -2.47. The van der Waals surface area contributed by atoms with E-state index in [9.17, 15) is 0 Å². The van der Waals surface area contributed by atoms with Crippen LogP contribution in [0.1, 0.15) is 37.5 Å². The second kappa shape index (κ2) is 9.23. The van der Waals surface area contributed by atoms with Crippen molar-refractivity contribution in [3.05, 3.63) is 71.3 Å². The molecule has 134 valence electrons. The zero-order valence-electron chi connectivity index (χ0n) is 15.7. The van der Waals surface area contributed by atoms with E-state index in [4.69, 9.17) is 4.74 Å². The van der Waals surface area contributed by atoms with Crippen molar-refractivity contribution >= 4 is 5.96 Å². The first-order valence-corrected chi connectivity index (χ1v) is 8.64. The largest absolute Gasteiger partial charge is 0.372 e. The van der Waals surface area contributed by atoms with Gasteiger partial charge in [-0.15, -0.1) is 0 Å². The monoisotopic (exact) mass is 339 g/mol. The van der Waals surface area contributed by atoms with Crippen molar-refractivity contribution in [2.45, 2.75) is 46.1 Å². The van der Waals surface area contributed by atoms with Crippen LogP contribution in [0.5, 0.6) is 0 Å². The van der Waals surface area contributed by atoms with Gasteiger partial charge in [0, 0.05) is 19.1 Å². The number of hydrogen-bond donors (Lipinski definition) is 2. The Hall–Kier alpha value is -2.33. The fourth-order valence-corrected chi connectivity index (χ4v) is 2.33. The predicted molar refractivity (Wildman–Crippen MR) is 104 cm³/mol. The summed E-state index contributed by atoms with van der Waals surface area (Å²) in [6.45, 7) is 8.34. The summed E-state index contributed by atoms with van der Waals surface area (Å²) in [5, 5.41) is 6.68. The Balaban J connectivity index is 1.77. The molecule has 0 saturated carbocycles. The third-order valence-electron chi connectivity index (χ3n) is 3.58. The summed E-state index contributed by atoms with van der Waals surface area (Å²) in [6.07, 6.45) is 0. The van der Waals surface area contributed by atoms with E-state index in [1.165, 1.54) is 16.7 Å². The van der Waals surface area contributed by atoms with E-state index in [-0.39, 0.29) is 5.54 Å². The molecule has 0 aliphatic heterocycles. The molecule has 25 heavy (non-hydrogen) atoms. The lowest BCUT2D eigenvalue weighted by molar-refractivity contribution is 0.107. The summed E-state index contributed by atoms with van der Waals surface area (Å²) in [4.78, 5) is 4.25. The molecule has 0 unspecified atom stereocenters. The highest BCUT2D eigenvalue weighted by atomic mass is 16.5. The van der Waals surface area contributed by atoms with Crippen molar-refractivity contribution in [1.82, 2.24) is 10.6 Å². The Morgan fingerprint density at radius 1 is 0.880 bits per heavy atom. The summed E-state index contributed by atoms with van der Waals surface area (Å²) in [5.74, 6) is 0.808. The highest BCUT2D eigenvalue weighted by molar-refractivity contribution is 5.80. The van der Waals surface area contributed by atoms with Crippen LogP contribution in [-0.4, -0.2) is 18.5 Å². The molecule has 0 atom stereocenters. The molecule has 0 aliphatic carbocycles. The quantitative estimate of drug-likeness (QED) is 0.620. The van der Waals surface area contributed by atoms with Gasteiger partial charge in [-0.25, -0.2) is 0 Å². The van der Waals surface area contributed by atoms with Gasteiger partial charge in [-0.05, 0) is 37.5 Å². The molecular weight excluding hydrogens is 310 g/mol. The molecule has 2 N–H and O–H groups in total. The van der Waals surface area contributed by atoms with E-state index in [0.717, 1.165) is 12.5 Å². The molecule has 0 heterocycles. The van der Waals surface area contributed by atoms with Crippen LogP contribution >= 0.6 is 0 Å². The van der Waals surface area contributed by atoms with E-state index >= 15 is 0 Å². The van der Waals surface area contributed by atoms with E-state index < -0.39 is 0 Å². The highest BCUT2D eigenvalue weighted by Gasteiger charge is 2.11. The molecule has 2 rings (SSSR count). The first-order valence-electron chi connectivity index (χ1n) is 8.64. The van der Waals surface area contributed by atoms with E-state index in [1.54, 1.807) is 7.05 Å². The zero-order valence-corrected chi connectivity index (χ0v) is 15.7. The van der Waals surface area contributed by atoms with Crippen molar-refractivity contribution in [2.75, 3.05) is 7.05 Å². The number of ether oxygens (including phenoxy) is 1. The fraction of sp³-hybridized carbons (Fsp3) is 0.381. The zero-order chi connectivity index (χ0) is 18.1. The molecule has 0 fully saturated rings. The third kappa shape index (κ3) is 7.40. The van der Waals surface area contributed by atoms with Crippen molar-refractivity contribution in [3.8, 4) is 0 Å². The van der Waals surface area contributed by atoms with Crippen LogP contribution in [0.3, 0.4) is 0 Å². The van der Waals surface area contributed by atoms with Gasteiger partial charge in [-0.1, -0.05) is 54.6 Å². The molecule has 0 radical (unpaired) electrons. The molecular formula is C21H29N3O. The lowest BCUT2D eigenvalue weighted by Gasteiger charge is -2.23. The van der Waals surface area contributed by atoms with Gasteiger partial charge in [0.15, 0.2) is 5.96 Å². The maximum atomic E-state index is 5.77. The molecule has 4 nitrogen and oxygen atoms in total. The SMILES string of the molecule is CN=C(NCc1ccc(COCc2ccccc2)cc1)NC(C)(C)C. The molecule has 2 aromatic carbocycles. The molecule has 4 heteroatoms. The summed E-state index contributed by atoms with van der Waals surface area (Å²) in [7, 11) is 1.79. The number of guanidine groups is 1. The smallest absolute Gasteiger partial charge is 0.191 e. The Bertz CT molecular complexity index is 658. The number of nitrogens with one attached hydrogen (secondary N) is 2. The molecule has 0 bridgehead atoms. The van der Waals surface area contributed by atoms with Gasteiger partial charge in [0.25, 0.3) is 0 Å². The summed E-state index contributed by atoms with van der Waals surface area (Å²) < 4.78 is 5.77. The molecule has 0 spiro atoms. The topological polar surface area (TPSA) is 45.7 Å². The number of benzene rings is 2. The van der Waals surface area contributed by atoms with Crippen LogP contribution in [-0.2, 0) is 24.5 Å². The van der Waals surface area contributed by atoms with E-state index in [2.05, 4.69) is 72.8 Å². The van der Waals surface area contributed by atoms with Crippen molar-refractivity contribution < 1.29 is 4.74 Å². The first kappa shape index (κ1) is 19.0. The average Bonchev–Trinajstić information content (AvgIpc) is 2.60. The maximum Gasteiger partial charge on any atom is 0.191 e. The Morgan fingerprint density at radius 2 is 1.44 bits per heavy atom. The maximum absolute atomic E-state index is 5.77. The molecule has 0 saturated heterocycles. The normalized spacial score (nSPS) is 12.1. The van der Waals surface area contributed by atoms with Gasteiger partial charge in [0.05, 0.1) is 13.2 Å².